The van der Waals surface area contributed by atoms with Gasteiger partial charge >= 0.3 is 0 Å². The number of ether oxygens (including phenoxy) is 2. The lowest BCUT2D eigenvalue weighted by atomic mass is 10.0. The molecule has 2 aliphatic rings. The van der Waals surface area contributed by atoms with Crippen LogP contribution in [-0.2, 0) is 32.6 Å². The van der Waals surface area contributed by atoms with Gasteiger partial charge in [-0.05, 0) is 48.7 Å². The van der Waals surface area contributed by atoms with Gasteiger partial charge in [0.05, 0.1) is 10.6 Å². The summed E-state index contributed by atoms with van der Waals surface area (Å²) in [6, 6.07) is 26.8. The third-order valence-corrected chi connectivity index (χ3v) is 10.5. The molecule has 0 radical (unpaired) electrons. The minimum atomic E-state index is -4.30. The van der Waals surface area contributed by atoms with E-state index in [0.29, 0.717) is 18.1 Å². The quantitative estimate of drug-likeness (QED) is 0.214. The van der Waals surface area contributed by atoms with Crippen molar-refractivity contribution in [3.05, 3.63) is 120 Å². The fraction of sp³-hybridized carbons (Fsp3) is 0.297. The second-order valence-corrected chi connectivity index (χ2v) is 13.8. The van der Waals surface area contributed by atoms with Crippen LogP contribution in [0.2, 0.25) is 0 Å². The predicted molar refractivity (Wildman–Crippen MR) is 180 cm³/mol. The molecule has 6 rings (SSSR count). The maximum atomic E-state index is 15.2. The van der Waals surface area contributed by atoms with Crippen LogP contribution in [0.1, 0.15) is 36.8 Å². The van der Waals surface area contributed by atoms with Crippen molar-refractivity contribution in [2.75, 3.05) is 24.1 Å². The zero-order valence-corrected chi connectivity index (χ0v) is 27.3. The third-order valence-electron chi connectivity index (χ3n) is 8.69. The number of nitrogens with one attached hydrogen (secondary N) is 1. The summed E-state index contributed by atoms with van der Waals surface area (Å²) in [5.41, 5.74) is 1.18. The van der Waals surface area contributed by atoms with Gasteiger partial charge in [0.15, 0.2) is 11.5 Å². The van der Waals surface area contributed by atoms with Crippen LogP contribution in [-0.4, -0.2) is 57.0 Å². The molecule has 250 valence electrons. The fourth-order valence-electron chi connectivity index (χ4n) is 6.17. The van der Waals surface area contributed by atoms with Crippen LogP contribution < -0.4 is 19.1 Å². The molecule has 1 unspecified atom stereocenters. The van der Waals surface area contributed by atoms with Crippen molar-refractivity contribution in [2.24, 2.45) is 0 Å². The highest BCUT2D eigenvalue weighted by Crippen LogP contribution is 2.36. The average Bonchev–Trinajstić information content (AvgIpc) is 3.63. The number of anilines is 1. The van der Waals surface area contributed by atoms with Crippen molar-refractivity contribution < 1.29 is 31.9 Å². The summed E-state index contributed by atoms with van der Waals surface area (Å²) >= 11 is 0. The molecule has 48 heavy (non-hydrogen) atoms. The Morgan fingerprint density at radius 2 is 1.48 bits per heavy atom. The van der Waals surface area contributed by atoms with Gasteiger partial charge in [-0.2, -0.15) is 0 Å². The second kappa shape index (κ2) is 14.9. The van der Waals surface area contributed by atoms with Gasteiger partial charge in [-0.15, -0.1) is 0 Å². The van der Waals surface area contributed by atoms with E-state index in [2.05, 4.69) is 5.32 Å². The minimum absolute atomic E-state index is 0.0202. The van der Waals surface area contributed by atoms with Gasteiger partial charge in [-0.1, -0.05) is 79.6 Å². The fourth-order valence-corrected chi connectivity index (χ4v) is 7.59. The highest BCUT2D eigenvalue weighted by Gasteiger charge is 2.36. The van der Waals surface area contributed by atoms with E-state index >= 15 is 4.39 Å². The molecule has 0 aromatic heterocycles. The Morgan fingerprint density at radius 1 is 0.833 bits per heavy atom. The summed E-state index contributed by atoms with van der Waals surface area (Å²) < 4.78 is 56.0. The van der Waals surface area contributed by atoms with E-state index in [9.17, 15) is 18.0 Å². The van der Waals surface area contributed by atoms with Gasteiger partial charge < -0.3 is 19.7 Å². The molecule has 1 aliphatic carbocycles. The van der Waals surface area contributed by atoms with Crippen LogP contribution in [0, 0.1) is 5.82 Å². The summed E-state index contributed by atoms with van der Waals surface area (Å²) in [4.78, 5) is 30.0. The molecular weight excluding hydrogens is 633 g/mol. The van der Waals surface area contributed by atoms with Gasteiger partial charge in [0.1, 0.15) is 31.6 Å². The Balaban J connectivity index is 1.41. The summed E-state index contributed by atoms with van der Waals surface area (Å²) in [6.45, 7) is -0.267. The molecule has 0 bridgehead atoms. The zero-order valence-electron chi connectivity index (χ0n) is 26.5. The molecule has 0 spiro atoms. The standard InChI is InChI=1S/C37H38FN3O6S/c38-32-18-10-7-13-28(32)25-40(33(23-27-11-3-1-4-12-27)37(43)39-29-14-8-9-15-29)36(42)26-41(48(44,45)31-16-5-2-6-17-31)30-19-20-34-35(24-30)47-22-21-46-34/h1-7,10-13,16-20,24,29,33H,8-9,14-15,21-23,25-26H2,(H,39,43). The van der Waals surface area contributed by atoms with E-state index in [0.717, 1.165) is 35.6 Å². The number of halogens is 1. The molecule has 1 aliphatic heterocycles. The molecule has 4 aromatic rings. The number of amides is 2. The van der Waals surface area contributed by atoms with Crippen LogP contribution in [0.3, 0.4) is 0 Å². The van der Waals surface area contributed by atoms with E-state index in [1.807, 2.05) is 30.3 Å². The first-order chi connectivity index (χ1) is 23.3. The second-order valence-electron chi connectivity index (χ2n) is 12.0. The summed E-state index contributed by atoms with van der Waals surface area (Å²) in [5.74, 6) is -0.769. The minimum Gasteiger partial charge on any atom is -0.486 e. The first-order valence-electron chi connectivity index (χ1n) is 16.1. The normalized spacial score (nSPS) is 15.0. The molecule has 1 fully saturated rings. The zero-order chi connectivity index (χ0) is 33.5. The summed E-state index contributed by atoms with van der Waals surface area (Å²) in [7, 11) is -4.30. The van der Waals surface area contributed by atoms with Crippen molar-refractivity contribution in [3.8, 4) is 11.5 Å². The predicted octanol–water partition coefficient (Wildman–Crippen LogP) is 5.49. The Morgan fingerprint density at radius 3 is 2.19 bits per heavy atom. The molecule has 9 nitrogen and oxygen atoms in total. The number of rotatable bonds is 12. The SMILES string of the molecule is O=C(NC1CCCC1)C(Cc1ccccc1)N(Cc1ccccc1F)C(=O)CN(c1ccc2c(c1)OCCO2)S(=O)(=O)c1ccccc1. The van der Waals surface area contributed by atoms with Gasteiger partial charge in [0.25, 0.3) is 10.0 Å². The molecule has 0 saturated heterocycles. The van der Waals surface area contributed by atoms with Crippen LogP contribution in [0.25, 0.3) is 0 Å². The van der Waals surface area contributed by atoms with Crippen LogP contribution in [0.5, 0.6) is 11.5 Å². The Labute approximate surface area is 280 Å². The van der Waals surface area contributed by atoms with Crippen LogP contribution in [0.4, 0.5) is 10.1 Å². The maximum absolute atomic E-state index is 15.2. The number of fused-ring (bicyclic) bond motifs is 1. The van der Waals surface area contributed by atoms with E-state index in [1.165, 1.54) is 29.2 Å². The molecule has 1 atom stereocenters. The van der Waals surface area contributed by atoms with E-state index < -0.39 is 34.3 Å². The lowest BCUT2D eigenvalue weighted by Crippen LogP contribution is -2.54. The molecular formula is C37H38FN3O6S. The largest absolute Gasteiger partial charge is 0.486 e. The van der Waals surface area contributed by atoms with Crippen molar-refractivity contribution in [1.29, 1.82) is 0 Å². The summed E-state index contributed by atoms with van der Waals surface area (Å²) in [5, 5.41) is 3.12. The number of hydrogen-bond donors (Lipinski definition) is 1. The lowest BCUT2D eigenvalue weighted by Gasteiger charge is -2.34. The topological polar surface area (TPSA) is 105 Å². The highest BCUT2D eigenvalue weighted by molar-refractivity contribution is 7.92. The smallest absolute Gasteiger partial charge is 0.264 e. The van der Waals surface area contributed by atoms with E-state index in [-0.39, 0.29) is 47.7 Å². The average molecular weight is 672 g/mol. The van der Waals surface area contributed by atoms with Crippen molar-refractivity contribution >= 4 is 27.5 Å². The Hall–Kier alpha value is -4.90. The number of carbonyl (C=O) groups excluding carboxylic acids is 2. The Bertz CT molecular complexity index is 1830. The number of nitrogens with zero attached hydrogens (tertiary/aromatic N) is 2. The number of hydrogen-bond acceptors (Lipinski definition) is 6. The monoisotopic (exact) mass is 671 g/mol. The van der Waals surface area contributed by atoms with Crippen LogP contribution >= 0.6 is 0 Å². The van der Waals surface area contributed by atoms with Gasteiger partial charge in [-0.3, -0.25) is 13.9 Å². The van der Waals surface area contributed by atoms with Gasteiger partial charge in [0.2, 0.25) is 11.8 Å². The summed E-state index contributed by atoms with van der Waals surface area (Å²) in [6.07, 6.45) is 3.80. The van der Waals surface area contributed by atoms with Crippen molar-refractivity contribution in [2.45, 2.75) is 55.6 Å². The molecule has 1 heterocycles. The lowest BCUT2D eigenvalue weighted by molar-refractivity contribution is -0.140. The molecule has 1 saturated carbocycles. The van der Waals surface area contributed by atoms with Crippen LogP contribution in [0.15, 0.2) is 108 Å². The number of carbonyl (C=O) groups is 2. The Kier molecular flexibility index (Phi) is 10.2. The number of benzene rings is 4. The van der Waals surface area contributed by atoms with Crippen molar-refractivity contribution in [3.63, 3.8) is 0 Å². The van der Waals surface area contributed by atoms with Crippen molar-refractivity contribution in [1.82, 2.24) is 10.2 Å². The van der Waals surface area contributed by atoms with E-state index in [4.69, 9.17) is 9.47 Å². The first kappa shape index (κ1) is 33.0. The number of sulfonamides is 1. The maximum Gasteiger partial charge on any atom is 0.264 e. The molecule has 2 amide bonds. The third kappa shape index (κ3) is 7.62. The molecule has 11 heteroatoms. The van der Waals surface area contributed by atoms with E-state index in [1.54, 1.807) is 48.5 Å². The van der Waals surface area contributed by atoms with Gasteiger partial charge in [-0.25, -0.2) is 12.8 Å². The first-order valence-corrected chi connectivity index (χ1v) is 17.6. The highest BCUT2D eigenvalue weighted by atomic mass is 32.2. The molecule has 4 aromatic carbocycles. The molecule has 1 N–H and O–H groups in total. The van der Waals surface area contributed by atoms with Gasteiger partial charge in [0, 0.05) is 30.6 Å².